The lowest BCUT2D eigenvalue weighted by molar-refractivity contribution is -0.139. The van der Waals surface area contributed by atoms with Crippen molar-refractivity contribution in [3.05, 3.63) is 71.5 Å². The van der Waals surface area contributed by atoms with Gasteiger partial charge >= 0.3 is 0 Å². The average molecular weight is 356 g/mol. The SMILES string of the molecule is CCCNC(=O)C(Cc1ccccc1)N(Cc1ccc(F)cc1)C(C)=O. The molecule has 0 heterocycles. The van der Waals surface area contributed by atoms with Gasteiger partial charge in [0, 0.05) is 26.4 Å². The summed E-state index contributed by atoms with van der Waals surface area (Å²) in [6.45, 7) is 4.25. The van der Waals surface area contributed by atoms with Crippen molar-refractivity contribution in [3.63, 3.8) is 0 Å². The van der Waals surface area contributed by atoms with Crippen LogP contribution in [-0.4, -0.2) is 29.3 Å². The number of nitrogens with zero attached hydrogens (tertiary/aromatic N) is 1. The zero-order valence-corrected chi connectivity index (χ0v) is 15.2. The fraction of sp³-hybridized carbons (Fsp3) is 0.333. The largest absolute Gasteiger partial charge is 0.354 e. The van der Waals surface area contributed by atoms with Crippen LogP contribution in [0.15, 0.2) is 54.6 Å². The molecular formula is C21H25FN2O2. The Hall–Kier alpha value is -2.69. The van der Waals surface area contributed by atoms with Crippen molar-refractivity contribution >= 4 is 11.8 Å². The molecule has 0 saturated heterocycles. The first-order chi connectivity index (χ1) is 12.5. The molecule has 2 aromatic rings. The Balaban J connectivity index is 2.26. The minimum atomic E-state index is -0.619. The highest BCUT2D eigenvalue weighted by molar-refractivity contribution is 5.87. The van der Waals surface area contributed by atoms with Gasteiger partial charge in [-0.2, -0.15) is 0 Å². The summed E-state index contributed by atoms with van der Waals surface area (Å²) in [5.74, 6) is -0.695. The molecule has 1 unspecified atom stereocenters. The number of halogens is 1. The van der Waals surface area contributed by atoms with Gasteiger partial charge in [-0.25, -0.2) is 4.39 Å². The first-order valence-corrected chi connectivity index (χ1v) is 8.84. The predicted octanol–water partition coefficient (Wildman–Crippen LogP) is 3.31. The molecule has 1 N–H and O–H groups in total. The Morgan fingerprint density at radius 1 is 1.04 bits per heavy atom. The van der Waals surface area contributed by atoms with Crippen LogP contribution in [0.25, 0.3) is 0 Å². The average Bonchev–Trinajstić information content (AvgIpc) is 2.64. The molecule has 0 aliphatic carbocycles. The number of carbonyl (C=O) groups excluding carboxylic acids is 2. The van der Waals surface area contributed by atoms with Crippen LogP contribution < -0.4 is 5.32 Å². The van der Waals surface area contributed by atoms with Crippen LogP contribution in [0.1, 0.15) is 31.4 Å². The van der Waals surface area contributed by atoms with E-state index in [2.05, 4.69) is 5.32 Å². The summed E-state index contributed by atoms with van der Waals surface area (Å²) in [5, 5.41) is 2.89. The van der Waals surface area contributed by atoms with Crippen LogP contribution in [0.2, 0.25) is 0 Å². The summed E-state index contributed by atoms with van der Waals surface area (Å²) in [4.78, 5) is 26.6. The summed E-state index contributed by atoms with van der Waals surface area (Å²) in [6.07, 6.45) is 1.25. The zero-order chi connectivity index (χ0) is 18.9. The third-order valence-corrected chi connectivity index (χ3v) is 4.17. The topological polar surface area (TPSA) is 49.4 Å². The minimum absolute atomic E-state index is 0.173. The third kappa shape index (κ3) is 5.69. The highest BCUT2D eigenvalue weighted by Crippen LogP contribution is 2.15. The molecule has 1 atom stereocenters. The van der Waals surface area contributed by atoms with Crippen LogP contribution in [0.5, 0.6) is 0 Å². The maximum atomic E-state index is 13.2. The van der Waals surface area contributed by atoms with Gasteiger partial charge in [-0.05, 0) is 29.7 Å². The number of nitrogens with one attached hydrogen (secondary N) is 1. The molecule has 2 aromatic carbocycles. The van der Waals surface area contributed by atoms with Crippen molar-refractivity contribution in [3.8, 4) is 0 Å². The Morgan fingerprint density at radius 3 is 2.27 bits per heavy atom. The van der Waals surface area contributed by atoms with Crippen molar-refractivity contribution in [1.29, 1.82) is 0 Å². The molecule has 2 amide bonds. The summed E-state index contributed by atoms with van der Waals surface area (Å²) in [6, 6.07) is 15.0. The lowest BCUT2D eigenvalue weighted by Crippen LogP contribution is -2.50. The quantitative estimate of drug-likeness (QED) is 0.789. The third-order valence-electron chi connectivity index (χ3n) is 4.17. The van der Waals surface area contributed by atoms with E-state index in [1.54, 1.807) is 17.0 Å². The Morgan fingerprint density at radius 2 is 1.69 bits per heavy atom. The van der Waals surface area contributed by atoms with E-state index in [-0.39, 0.29) is 24.2 Å². The number of benzene rings is 2. The fourth-order valence-electron chi connectivity index (χ4n) is 2.78. The number of carbonyl (C=O) groups is 2. The normalized spacial score (nSPS) is 11.7. The molecule has 0 aromatic heterocycles. The number of amides is 2. The second kappa shape index (κ2) is 9.70. The highest BCUT2D eigenvalue weighted by atomic mass is 19.1. The molecule has 0 aliphatic heterocycles. The number of hydrogen-bond donors (Lipinski definition) is 1. The van der Waals surface area contributed by atoms with Crippen molar-refractivity contribution in [2.45, 2.75) is 39.3 Å². The van der Waals surface area contributed by atoms with Crippen molar-refractivity contribution in [1.82, 2.24) is 10.2 Å². The van der Waals surface area contributed by atoms with E-state index in [9.17, 15) is 14.0 Å². The summed E-state index contributed by atoms with van der Waals surface area (Å²) in [7, 11) is 0. The van der Waals surface area contributed by atoms with Gasteiger partial charge in [-0.3, -0.25) is 9.59 Å². The molecule has 0 aliphatic rings. The van der Waals surface area contributed by atoms with E-state index in [0.29, 0.717) is 13.0 Å². The van der Waals surface area contributed by atoms with Crippen LogP contribution >= 0.6 is 0 Å². The Kier molecular flexibility index (Phi) is 7.33. The molecular weight excluding hydrogens is 331 g/mol. The van der Waals surface area contributed by atoms with E-state index in [1.165, 1.54) is 19.1 Å². The lowest BCUT2D eigenvalue weighted by atomic mass is 10.0. The highest BCUT2D eigenvalue weighted by Gasteiger charge is 2.28. The van der Waals surface area contributed by atoms with Gasteiger partial charge < -0.3 is 10.2 Å². The molecule has 0 spiro atoms. The van der Waals surface area contributed by atoms with E-state index in [1.807, 2.05) is 37.3 Å². The molecule has 138 valence electrons. The molecule has 2 rings (SSSR count). The molecule has 5 heteroatoms. The van der Waals surface area contributed by atoms with Gasteiger partial charge in [0.25, 0.3) is 0 Å². The summed E-state index contributed by atoms with van der Waals surface area (Å²) >= 11 is 0. The molecule has 0 saturated carbocycles. The van der Waals surface area contributed by atoms with Gasteiger partial charge in [0.2, 0.25) is 11.8 Å². The first-order valence-electron chi connectivity index (χ1n) is 8.84. The fourth-order valence-corrected chi connectivity index (χ4v) is 2.78. The van der Waals surface area contributed by atoms with Gasteiger partial charge in [-0.1, -0.05) is 49.4 Å². The van der Waals surface area contributed by atoms with E-state index in [0.717, 1.165) is 17.5 Å². The van der Waals surface area contributed by atoms with Crippen LogP contribution in [-0.2, 0) is 22.6 Å². The molecule has 4 nitrogen and oxygen atoms in total. The maximum absolute atomic E-state index is 13.2. The van der Waals surface area contributed by atoms with Gasteiger partial charge in [0.05, 0.1) is 0 Å². The molecule has 0 fully saturated rings. The number of hydrogen-bond acceptors (Lipinski definition) is 2. The van der Waals surface area contributed by atoms with Crippen molar-refractivity contribution in [2.75, 3.05) is 6.54 Å². The minimum Gasteiger partial charge on any atom is -0.354 e. The monoisotopic (exact) mass is 356 g/mol. The van der Waals surface area contributed by atoms with Crippen LogP contribution in [0.4, 0.5) is 4.39 Å². The summed E-state index contributed by atoms with van der Waals surface area (Å²) in [5.41, 5.74) is 1.76. The van der Waals surface area contributed by atoms with E-state index >= 15 is 0 Å². The van der Waals surface area contributed by atoms with Gasteiger partial charge in [0.1, 0.15) is 11.9 Å². The standard InChI is InChI=1S/C21H25FN2O2/c1-3-13-23-21(26)20(14-17-7-5-4-6-8-17)24(16(2)25)15-18-9-11-19(22)12-10-18/h4-12,20H,3,13-15H2,1-2H3,(H,23,26). The Bertz CT molecular complexity index is 717. The number of rotatable bonds is 8. The van der Waals surface area contributed by atoms with Gasteiger partial charge in [0.15, 0.2) is 0 Å². The maximum Gasteiger partial charge on any atom is 0.243 e. The van der Waals surface area contributed by atoms with Crippen molar-refractivity contribution in [2.24, 2.45) is 0 Å². The molecule has 26 heavy (non-hydrogen) atoms. The second-order valence-electron chi connectivity index (χ2n) is 6.27. The zero-order valence-electron chi connectivity index (χ0n) is 15.2. The summed E-state index contributed by atoms with van der Waals surface area (Å²) < 4.78 is 13.2. The molecule has 0 bridgehead atoms. The van der Waals surface area contributed by atoms with Crippen molar-refractivity contribution < 1.29 is 14.0 Å². The van der Waals surface area contributed by atoms with Gasteiger partial charge in [-0.15, -0.1) is 0 Å². The smallest absolute Gasteiger partial charge is 0.243 e. The first kappa shape index (κ1) is 19.6. The van der Waals surface area contributed by atoms with E-state index in [4.69, 9.17) is 0 Å². The lowest BCUT2D eigenvalue weighted by Gasteiger charge is -2.30. The molecule has 0 radical (unpaired) electrons. The Labute approximate surface area is 154 Å². The van der Waals surface area contributed by atoms with Crippen LogP contribution in [0.3, 0.4) is 0 Å². The predicted molar refractivity (Wildman–Crippen MR) is 99.9 cm³/mol. The second-order valence-corrected chi connectivity index (χ2v) is 6.27. The van der Waals surface area contributed by atoms with E-state index < -0.39 is 6.04 Å². The van der Waals surface area contributed by atoms with Crippen LogP contribution in [0, 0.1) is 5.82 Å².